The fraction of sp³-hybridized carbons (Fsp3) is 0.0952. The molecule has 28 heavy (non-hydrogen) atoms. The highest BCUT2D eigenvalue weighted by molar-refractivity contribution is 7.98. The second-order valence-electron chi connectivity index (χ2n) is 6.55. The van der Waals surface area contributed by atoms with Gasteiger partial charge in [0, 0.05) is 33.6 Å². The van der Waals surface area contributed by atoms with Gasteiger partial charge in [0.15, 0.2) is 5.65 Å². The fourth-order valence-corrected chi connectivity index (χ4v) is 4.15. The van der Waals surface area contributed by atoms with Crippen molar-refractivity contribution in [2.45, 2.75) is 5.16 Å². The molecule has 3 heterocycles. The molecule has 5 rings (SSSR count). The van der Waals surface area contributed by atoms with E-state index in [1.54, 1.807) is 0 Å². The van der Waals surface area contributed by atoms with Crippen molar-refractivity contribution in [3.63, 3.8) is 0 Å². The van der Waals surface area contributed by atoms with Gasteiger partial charge in [0.2, 0.25) is 5.16 Å². The first-order valence-electron chi connectivity index (χ1n) is 8.69. The van der Waals surface area contributed by atoms with E-state index < -0.39 is 0 Å². The molecule has 0 aliphatic carbocycles. The van der Waals surface area contributed by atoms with Gasteiger partial charge in [-0.25, -0.2) is 4.98 Å². The van der Waals surface area contributed by atoms with Crippen molar-refractivity contribution in [3.05, 3.63) is 74.7 Å². The van der Waals surface area contributed by atoms with Crippen LogP contribution in [0.15, 0.2) is 58.5 Å². The van der Waals surface area contributed by atoms with Crippen LogP contribution in [0.2, 0.25) is 5.02 Å². The molecular formula is C21H15ClN4OS. The number of aromatic nitrogens is 4. The first-order chi connectivity index (χ1) is 13.6. The minimum Gasteiger partial charge on any atom is -0.339 e. The van der Waals surface area contributed by atoms with Crippen LogP contribution in [-0.2, 0) is 7.05 Å². The number of pyridine rings is 1. The molecule has 0 fully saturated rings. The van der Waals surface area contributed by atoms with Crippen molar-refractivity contribution >= 4 is 56.9 Å². The Morgan fingerprint density at radius 3 is 2.61 bits per heavy atom. The van der Waals surface area contributed by atoms with Crippen LogP contribution in [0.25, 0.3) is 33.5 Å². The third kappa shape index (κ3) is 2.45. The zero-order valence-electron chi connectivity index (χ0n) is 15.2. The van der Waals surface area contributed by atoms with Crippen molar-refractivity contribution in [1.82, 2.24) is 19.2 Å². The number of hydrogen-bond donors (Lipinski definition) is 0. The molecule has 7 heteroatoms. The molecule has 0 saturated heterocycles. The van der Waals surface area contributed by atoms with E-state index in [0.717, 1.165) is 27.1 Å². The van der Waals surface area contributed by atoms with Crippen LogP contribution in [0.5, 0.6) is 0 Å². The maximum atomic E-state index is 13.3. The highest BCUT2D eigenvalue weighted by atomic mass is 35.5. The number of hydrogen-bond acceptors (Lipinski definition) is 4. The molecule has 3 aromatic heterocycles. The third-order valence-corrected chi connectivity index (χ3v) is 5.75. The maximum Gasteiger partial charge on any atom is 0.297 e. The van der Waals surface area contributed by atoms with Gasteiger partial charge in [-0.2, -0.15) is 4.52 Å². The van der Waals surface area contributed by atoms with Crippen LogP contribution < -0.4 is 10.8 Å². The smallest absolute Gasteiger partial charge is 0.297 e. The lowest BCUT2D eigenvalue weighted by Gasteiger charge is -2.00. The molecule has 0 spiro atoms. The second-order valence-corrected chi connectivity index (χ2v) is 7.76. The van der Waals surface area contributed by atoms with E-state index in [4.69, 9.17) is 11.6 Å². The van der Waals surface area contributed by atoms with Crippen LogP contribution in [0.4, 0.5) is 0 Å². The largest absolute Gasteiger partial charge is 0.339 e. The number of rotatable bonds is 2. The Kier molecular flexibility index (Phi) is 3.92. The van der Waals surface area contributed by atoms with Gasteiger partial charge >= 0.3 is 0 Å². The Balaban J connectivity index is 2.07. The minimum atomic E-state index is -0.162. The van der Waals surface area contributed by atoms with Gasteiger partial charge in [-0.15, -0.1) is 5.10 Å². The zero-order chi connectivity index (χ0) is 19.4. The predicted molar refractivity (Wildman–Crippen MR) is 115 cm³/mol. The van der Waals surface area contributed by atoms with E-state index in [9.17, 15) is 4.79 Å². The van der Waals surface area contributed by atoms with Crippen LogP contribution >= 0.6 is 23.4 Å². The molecule has 0 N–H and O–H groups in total. The molecule has 0 unspecified atom stereocenters. The van der Waals surface area contributed by atoms with Crippen molar-refractivity contribution in [1.29, 1.82) is 0 Å². The second kappa shape index (κ2) is 6.36. The van der Waals surface area contributed by atoms with Crippen LogP contribution in [0, 0.1) is 0 Å². The quantitative estimate of drug-likeness (QED) is 0.420. The number of aryl methyl sites for hydroxylation is 1. The van der Waals surface area contributed by atoms with Gasteiger partial charge in [-0.3, -0.25) is 4.79 Å². The molecular weight excluding hydrogens is 392 g/mol. The minimum absolute atomic E-state index is 0.162. The molecule has 5 nitrogen and oxygen atoms in total. The first kappa shape index (κ1) is 17.3. The number of para-hydroxylation sites is 1. The van der Waals surface area contributed by atoms with Gasteiger partial charge in [0.05, 0.1) is 0 Å². The average Bonchev–Trinajstić information content (AvgIpc) is 3.27. The molecule has 0 aliphatic heterocycles. The molecule has 0 amide bonds. The molecule has 138 valence electrons. The number of thioether (sulfide) groups is 1. The Morgan fingerprint density at radius 1 is 1.11 bits per heavy atom. The van der Waals surface area contributed by atoms with Crippen molar-refractivity contribution in [2.75, 3.05) is 6.26 Å². The number of benzene rings is 2. The average molecular weight is 407 g/mol. The molecule has 0 aliphatic rings. The monoisotopic (exact) mass is 406 g/mol. The van der Waals surface area contributed by atoms with E-state index in [-0.39, 0.29) is 5.56 Å². The lowest BCUT2D eigenvalue weighted by atomic mass is 10.1. The van der Waals surface area contributed by atoms with Crippen molar-refractivity contribution < 1.29 is 0 Å². The third-order valence-electron chi connectivity index (χ3n) is 4.96. The summed E-state index contributed by atoms with van der Waals surface area (Å²) >= 11 is 7.46. The van der Waals surface area contributed by atoms with E-state index in [0.29, 0.717) is 21.3 Å². The summed E-state index contributed by atoms with van der Waals surface area (Å²) in [6.45, 7) is 0. The highest BCUT2D eigenvalue weighted by Crippen LogP contribution is 2.24. The molecule has 0 atom stereocenters. The van der Waals surface area contributed by atoms with Gasteiger partial charge in [-0.1, -0.05) is 53.7 Å². The molecule has 0 bridgehead atoms. The summed E-state index contributed by atoms with van der Waals surface area (Å²) < 4.78 is 3.35. The lowest BCUT2D eigenvalue weighted by Crippen LogP contribution is -2.23. The van der Waals surface area contributed by atoms with Crippen LogP contribution in [-0.4, -0.2) is 25.4 Å². The van der Waals surface area contributed by atoms with E-state index >= 15 is 0 Å². The SMILES string of the molecule is CSc1nc2/c(=C\c3ccc(Cl)cc3)c3c4ccccc4n(C)c3c(=O)n2n1. The first-order valence-corrected chi connectivity index (χ1v) is 10.3. The van der Waals surface area contributed by atoms with E-state index in [1.165, 1.54) is 16.3 Å². The highest BCUT2D eigenvalue weighted by Gasteiger charge is 2.18. The molecule has 2 aromatic carbocycles. The number of fused-ring (bicyclic) bond motifs is 4. The standard InChI is InChI=1S/C21H15ClN4OS/c1-25-16-6-4-3-5-14(16)17-15(11-12-7-9-13(22)10-8-12)19-23-21(28-2)24-26(19)20(27)18(17)25/h3-11H,1-2H3/b15-11-. The zero-order valence-corrected chi connectivity index (χ0v) is 16.8. The summed E-state index contributed by atoms with van der Waals surface area (Å²) in [6, 6.07) is 15.6. The summed E-state index contributed by atoms with van der Waals surface area (Å²) in [6.07, 6.45) is 3.94. The van der Waals surface area contributed by atoms with Crippen molar-refractivity contribution in [3.8, 4) is 0 Å². The van der Waals surface area contributed by atoms with Gasteiger partial charge in [0.25, 0.3) is 5.56 Å². The summed E-state index contributed by atoms with van der Waals surface area (Å²) in [5.74, 6) is 0. The topological polar surface area (TPSA) is 52.2 Å². The summed E-state index contributed by atoms with van der Waals surface area (Å²) in [4.78, 5) is 17.9. The Morgan fingerprint density at radius 2 is 1.86 bits per heavy atom. The number of nitrogens with zero attached hydrogens (tertiary/aromatic N) is 4. The van der Waals surface area contributed by atoms with E-state index in [2.05, 4.69) is 10.1 Å². The van der Waals surface area contributed by atoms with Crippen LogP contribution in [0.3, 0.4) is 0 Å². The summed E-state index contributed by atoms with van der Waals surface area (Å²) in [5.41, 5.74) is 3.00. The Labute approximate surface area is 169 Å². The van der Waals surface area contributed by atoms with E-state index in [1.807, 2.05) is 72.5 Å². The van der Waals surface area contributed by atoms with Gasteiger partial charge in [0.1, 0.15) is 5.52 Å². The van der Waals surface area contributed by atoms with Gasteiger partial charge < -0.3 is 4.57 Å². The molecule has 0 saturated carbocycles. The predicted octanol–water partition coefficient (Wildman–Crippen LogP) is 3.66. The Bertz CT molecular complexity index is 1490. The maximum absolute atomic E-state index is 13.3. The fourth-order valence-electron chi connectivity index (χ4n) is 3.69. The van der Waals surface area contributed by atoms with Gasteiger partial charge in [-0.05, 0) is 36.1 Å². The summed E-state index contributed by atoms with van der Waals surface area (Å²) in [7, 11) is 1.91. The van der Waals surface area contributed by atoms with Crippen LogP contribution in [0.1, 0.15) is 5.56 Å². The normalized spacial score (nSPS) is 12.6. The number of halogens is 1. The van der Waals surface area contributed by atoms with Crippen molar-refractivity contribution in [2.24, 2.45) is 7.05 Å². The Hall–Kier alpha value is -2.83. The summed E-state index contributed by atoms with van der Waals surface area (Å²) in [5, 5.41) is 8.45. The molecule has 5 aromatic rings. The molecule has 0 radical (unpaired) electrons. The lowest BCUT2D eigenvalue weighted by molar-refractivity contribution is 0.856.